The summed E-state index contributed by atoms with van der Waals surface area (Å²) in [5, 5.41) is 21.7. The zero-order chi connectivity index (χ0) is 18.8. The van der Waals surface area contributed by atoms with Gasteiger partial charge in [0.2, 0.25) is 11.6 Å². The molecule has 0 amide bonds. The fourth-order valence-electron chi connectivity index (χ4n) is 2.15. The van der Waals surface area contributed by atoms with Crippen molar-refractivity contribution in [2.45, 2.75) is 0 Å². The van der Waals surface area contributed by atoms with Crippen molar-refractivity contribution in [3.63, 3.8) is 0 Å². The Morgan fingerprint density at radius 1 is 1.19 bits per heavy atom. The van der Waals surface area contributed by atoms with Crippen LogP contribution in [0, 0.1) is 6.57 Å². The maximum Gasteiger partial charge on any atom is 0.333 e. The van der Waals surface area contributed by atoms with Gasteiger partial charge in [0.1, 0.15) is 0 Å². The van der Waals surface area contributed by atoms with Gasteiger partial charge in [-0.15, -0.1) is 10.2 Å². The number of rotatable bonds is 3. The number of pyridine rings is 1. The van der Waals surface area contributed by atoms with Crippen LogP contribution in [0.15, 0.2) is 50.4 Å². The normalized spacial score (nSPS) is 11.0. The van der Waals surface area contributed by atoms with Crippen LogP contribution in [0.25, 0.3) is 10.7 Å². The third-order valence-corrected chi connectivity index (χ3v) is 3.57. The summed E-state index contributed by atoms with van der Waals surface area (Å²) in [4.78, 5) is 31.4. The van der Waals surface area contributed by atoms with Crippen LogP contribution in [-0.2, 0) is 14.1 Å². The van der Waals surface area contributed by atoms with Crippen molar-refractivity contribution in [1.29, 1.82) is 0 Å². The minimum atomic E-state index is -0.817. The molecule has 0 unspecified atom stereocenters. The summed E-state index contributed by atoms with van der Waals surface area (Å²) >= 11 is 0. The summed E-state index contributed by atoms with van der Waals surface area (Å²) in [5.41, 5.74) is -1.87. The second-order valence-electron chi connectivity index (χ2n) is 5.14. The summed E-state index contributed by atoms with van der Waals surface area (Å²) < 4.78 is 2.93. The van der Waals surface area contributed by atoms with E-state index in [-0.39, 0.29) is 11.5 Å². The second kappa shape index (κ2) is 6.44. The van der Waals surface area contributed by atoms with Crippen LogP contribution in [0.5, 0.6) is 5.88 Å². The van der Waals surface area contributed by atoms with E-state index in [0.717, 1.165) is 9.13 Å². The van der Waals surface area contributed by atoms with Gasteiger partial charge < -0.3 is 5.11 Å². The van der Waals surface area contributed by atoms with E-state index < -0.39 is 22.8 Å². The maximum atomic E-state index is 12.2. The van der Waals surface area contributed by atoms with Crippen LogP contribution < -0.4 is 11.2 Å². The van der Waals surface area contributed by atoms with Crippen LogP contribution in [0.4, 0.5) is 17.2 Å². The molecule has 0 aromatic carbocycles. The average Bonchev–Trinajstić information content (AvgIpc) is 3.08. The Kier molecular flexibility index (Phi) is 4.16. The van der Waals surface area contributed by atoms with Gasteiger partial charge in [-0.05, 0) is 12.1 Å². The van der Waals surface area contributed by atoms with Crippen molar-refractivity contribution in [3.05, 3.63) is 62.8 Å². The monoisotopic (exact) mass is 352 g/mol. The standard InChI is InChI=1S/C15H12N8O3/c1-16-9-8-18-23(10-6-4-5-7-17-10)12(9)20-19-11-13(24)21(2)15(26)22(3)14(11)25/h4-8,24H,2-3H3. The van der Waals surface area contributed by atoms with E-state index in [2.05, 4.69) is 25.2 Å². The molecule has 1 N–H and O–H groups in total. The molecule has 11 heteroatoms. The molecule has 3 aromatic heterocycles. The lowest BCUT2D eigenvalue weighted by Crippen LogP contribution is -2.36. The molecule has 0 aliphatic rings. The van der Waals surface area contributed by atoms with Crippen molar-refractivity contribution >= 4 is 17.2 Å². The minimum absolute atomic E-state index is 0.0361. The van der Waals surface area contributed by atoms with Gasteiger partial charge in [-0.1, -0.05) is 6.07 Å². The zero-order valence-electron chi connectivity index (χ0n) is 13.7. The Balaban J connectivity index is 2.17. The largest absolute Gasteiger partial charge is 0.493 e. The Morgan fingerprint density at radius 2 is 1.96 bits per heavy atom. The van der Waals surface area contributed by atoms with Gasteiger partial charge in [0.05, 0.1) is 12.8 Å². The molecule has 0 saturated heterocycles. The quantitative estimate of drug-likeness (QED) is 0.562. The van der Waals surface area contributed by atoms with E-state index >= 15 is 0 Å². The molecular weight excluding hydrogens is 340 g/mol. The van der Waals surface area contributed by atoms with Gasteiger partial charge in [-0.3, -0.25) is 13.9 Å². The molecule has 3 heterocycles. The predicted molar refractivity (Wildman–Crippen MR) is 90.4 cm³/mol. The lowest BCUT2D eigenvalue weighted by atomic mass is 10.4. The highest BCUT2D eigenvalue weighted by Gasteiger charge is 2.17. The fraction of sp³-hybridized carbons (Fsp3) is 0.133. The SMILES string of the molecule is [C-]#[N+]c1cnn(-c2ccccn2)c1N=Nc1c(O)n(C)c(=O)n(C)c1=O. The summed E-state index contributed by atoms with van der Waals surface area (Å²) in [7, 11) is 2.55. The van der Waals surface area contributed by atoms with E-state index in [1.165, 1.54) is 25.0 Å². The Bertz CT molecular complexity index is 1160. The molecule has 11 nitrogen and oxygen atoms in total. The van der Waals surface area contributed by atoms with Gasteiger partial charge in [-0.25, -0.2) is 19.3 Å². The van der Waals surface area contributed by atoms with Crippen LogP contribution >= 0.6 is 0 Å². The van der Waals surface area contributed by atoms with Crippen LogP contribution in [0.3, 0.4) is 0 Å². The molecule has 3 rings (SSSR count). The van der Waals surface area contributed by atoms with Crippen molar-refractivity contribution in [1.82, 2.24) is 23.9 Å². The summed E-state index contributed by atoms with van der Waals surface area (Å²) in [5.74, 6) is -0.196. The molecule has 0 radical (unpaired) electrons. The second-order valence-corrected chi connectivity index (χ2v) is 5.14. The Labute approximate surface area is 145 Å². The highest BCUT2D eigenvalue weighted by molar-refractivity contribution is 5.63. The average molecular weight is 352 g/mol. The molecular formula is C15H12N8O3. The number of hydrogen-bond acceptors (Lipinski definition) is 7. The van der Waals surface area contributed by atoms with Gasteiger partial charge in [-0.2, -0.15) is 5.10 Å². The minimum Gasteiger partial charge on any atom is -0.493 e. The summed E-state index contributed by atoms with van der Waals surface area (Å²) in [6.45, 7) is 7.21. The molecule has 0 fully saturated rings. The van der Waals surface area contributed by atoms with Gasteiger partial charge in [0.15, 0.2) is 11.6 Å². The number of nitrogens with zero attached hydrogens (tertiary/aromatic N) is 8. The molecule has 0 spiro atoms. The Hall–Kier alpha value is -4.07. The molecule has 0 saturated carbocycles. The highest BCUT2D eigenvalue weighted by atomic mass is 16.3. The molecule has 26 heavy (non-hydrogen) atoms. The third kappa shape index (κ3) is 2.65. The first-order valence-corrected chi connectivity index (χ1v) is 7.23. The Morgan fingerprint density at radius 3 is 2.62 bits per heavy atom. The van der Waals surface area contributed by atoms with Crippen LogP contribution in [0.2, 0.25) is 0 Å². The number of aromatic hydroxyl groups is 1. The van der Waals surface area contributed by atoms with E-state index in [1.807, 2.05) is 0 Å². The van der Waals surface area contributed by atoms with Gasteiger partial charge >= 0.3 is 5.69 Å². The van der Waals surface area contributed by atoms with E-state index in [0.29, 0.717) is 5.82 Å². The molecule has 0 aliphatic carbocycles. The lowest BCUT2D eigenvalue weighted by molar-refractivity contribution is 0.413. The van der Waals surface area contributed by atoms with E-state index in [1.54, 1.807) is 24.4 Å². The number of azo groups is 1. The van der Waals surface area contributed by atoms with Crippen LogP contribution in [-0.4, -0.2) is 29.0 Å². The van der Waals surface area contributed by atoms with Crippen molar-refractivity contribution in [3.8, 4) is 11.7 Å². The van der Waals surface area contributed by atoms with E-state index in [4.69, 9.17) is 6.57 Å². The topological polar surface area (TPSA) is 124 Å². The van der Waals surface area contributed by atoms with E-state index in [9.17, 15) is 14.7 Å². The zero-order valence-corrected chi connectivity index (χ0v) is 13.7. The smallest absolute Gasteiger partial charge is 0.333 e. The lowest BCUT2D eigenvalue weighted by Gasteiger charge is -2.06. The maximum absolute atomic E-state index is 12.2. The molecule has 130 valence electrons. The fourth-order valence-corrected chi connectivity index (χ4v) is 2.15. The van der Waals surface area contributed by atoms with Gasteiger partial charge in [0, 0.05) is 20.3 Å². The predicted octanol–water partition coefficient (Wildman–Crippen LogP) is 1.34. The van der Waals surface area contributed by atoms with Gasteiger partial charge in [0.25, 0.3) is 11.2 Å². The third-order valence-electron chi connectivity index (χ3n) is 3.57. The first-order chi connectivity index (χ1) is 12.5. The molecule has 0 aliphatic heterocycles. The summed E-state index contributed by atoms with van der Waals surface area (Å²) in [6.07, 6.45) is 2.83. The van der Waals surface area contributed by atoms with Crippen molar-refractivity contribution in [2.24, 2.45) is 24.3 Å². The molecule has 0 atom stereocenters. The molecule has 0 bridgehead atoms. The molecule has 3 aromatic rings. The van der Waals surface area contributed by atoms with Crippen LogP contribution in [0.1, 0.15) is 0 Å². The first-order valence-electron chi connectivity index (χ1n) is 7.23. The van der Waals surface area contributed by atoms with Crippen molar-refractivity contribution in [2.75, 3.05) is 0 Å². The number of aromatic nitrogens is 5. The first kappa shape index (κ1) is 16.8. The van der Waals surface area contributed by atoms with Crippen molar-refractivity contribution < 1.29 is 5.11 Å². The summed E-state index contributed by atoms with van der Waals surface area (Å²) in [6, 6.07) is 5.11. The number of hydrogen-bond donors (Lipinski definition) is 1. The highest BCUT2D eigenvalue weighted by Crippen LogP contribution is 2.31.